The number of nitrogens with one attached hydrogen (secondary N) is 1. The molecule has 1 aliphatic rings. The summed E-state index contributed by atoms with van der Waals surface area (Å²) in [5.41, 5.74) is 0.611. The van der Waals surface area contributed by atoms with Gasteiger partial charge in [-0.15, -0.1) is 10.2 Å². The first-order valence-corrected chi connectivity index (χ1v) is 7.54. The molecule has 112 valence electrons. The van der Waals surface area contributed by atoms with Crippen molar-refractivity contribution >= 4 is 0 Å². The van der Waals surface area contributed by atoms with Crippen molar-refractivity contribution in [2.45, 2.75) is 45.2 Å². The van der Waals surface area contributed by atoms with Gasteiger partial charge in [-0.05, 0) is 37.0 Å². The van der Waals surface area contributed by atoms with Gasteiger partial charge in [-0.1, -0.05) is 25.8 Å². The van der Waals surface area contributed by atoms with Gasteiger partial charge in [-0.2, -0.15) is 0 Å². The number of hydrogen-bond donors (Lipinski definition) is 1. The minimum Gasteiger partial charge on any atom is -0.419 e. The molecule has 0 aliphatic heterocycles. The van der Waals surface area contributed by atoms with E-state index in [2.05, 4.69) is 22.4 Å². The number of benzene rings is 1. The van der Waals surface area contributed by atoms with Crippen molar-refractivity contribution in [1.82, 2.24) is 15.5 Å². The monoisotopic (exact) mass is 289 g/mol. The first-order valence-electron chi connectivity index (χ1n) is 7.54. The normalized spacial score (nSPS) is 22.4. The van der Waals surface area contributed by atoms with Crippen LogP contribution in [-0.2, 0) is 6.54 Å². The van der Waals surface area contributed by atoms with E-state index in [1.165, 1.54) is 37.8 Å². The maximum atomic E-state index is 13.2. The number of halogens is 1. The number of rotatable bonds is 4. The minimum atomic E-state index is -0.304. The van der Waals surface area contributed by atoms with Gasteiger partial charge in [0.1, 0.15) is 5.82 Å². The highest BCUT2D eigenvalue weighted by atomic mass is 19.1. The highest BCUT2D eigenvalue weighted by Gasteiger charge is 2.21. The molecule has 1 aromatic heterocycles. The molecule has 3 rings (SSSR count). The van der Waals surface area contributed by atoms with E-state index in [9.17, 15) is 4.39 Å². The summed E-state index contributed by atoms with van der Waals surface area (Å²) in [7, 11) is 0. The average Bonchev–Trinajstić information content (AvgIpc) is 2.95. The summed E-state index contributed by atoms with van der Waals surface area (Å²) in [5.74, 6) is 1.29. The summed E-state index contributed by atoms with van der Waals surface area (Å²) < 4.78 is 18.8. The number of nitrogens with zero attached hydrogens (tertiary/aromatic N) is 2. The summed E-state index contributed by atoms with van der Waals surface area (Å²) in [6, 6.07) is 6.71. The third-order valence-electron chi connectivity index (χ3n) is 4.17. The molecule has 4 nitrogen and oxygen atoms in total. The Balaban J connectivity index is 1.62. The Kier molecular flexibility index (Phi) is 4.29. The van der Waals surface area contributed by atoms with Crippen LogP contribution < -0.4 is 5.32 Å². The fourth-order valence-electron chi connectivity index (χ4n) is 2.90. The lowest BCUT2D eigenvalue weighted by Crippen LogP contribution is -2.36. The van der Waals surface area contributed by atoms with Crippen LogP contribution in [0.3, 0.4) is 0 Å². The topological polar surface area (TPSA) is 51.0 Å². The number of hydrogen-bond acceptors (Lipinski definition) is 4. The van der Waals surface area contributed by atoms with Crippen molar-refractivity contribution in [3.63, 3.8) is 0 Å². The van der Waals surface area contributed by atoms with Crippen LogP contribution in [0.5, 0.6) is 0 Å². The molecule has 0 radical (unpaired) electrons. The summed E-state index contributed by atoms with van der Waals surface area (Å²) in [5, 5.41) is 11.5. The molecule has 5 heteroatoms. The fraction of sp³-hybridized carbons (Fsp3) is 0.500. The Labute approximate surface area is 123 Å². The van der Waals surface area contributed by atoms with Crippen molar-refractivity contribution in [2.75, 3.05) is 0 Å². The molecule has 1 heterocycles. The van der Waals surface area contributed by atoms with Crippen LogP contribution in [0.15, 0.2) is 28.7 Å². The summed E-state index contributed by atoms with van der Waals surface area (Å²) in [6.45, 7) is 2.85. The zero-order valence-corrected chi connectivity index (χ0v) is 12.2. The molecule has 1 aliphatic carbocycles. The molecule has 1 saturated carbocycles. The van der Waals surface area contributed by atoms with Crippen LogP contribution in [0.2, 0.25) is 0 Å². The van der Waals surface area contributed by atoms with Gasteiger partial charge in [0, 0.05) is 11.6 Å². The van der Waals surface area contributed by atoms with Crippen LogP contribution in [0.4, 0.5) is 4.39 Å². The largest absolute Gasteiger partial charge is 0.419 e. The Bertz CT molecular complexity index is 599. The zero-order chi connectivity index (χ0) is 14.7. The highest BCUT2D eigenvalue weighted by molar-refractivity contribution is 5.52. The van der Waals surface area contributed by atoms with E-state index < -0.39 is 0 Å². The summed E-state index contributed by atoms with van der Waals surface area (Å²) >= 11 is 0. The van der Waals surface area contributed by atoms with Crippen LogP contribution in [0.25, 0.3) is 11.5 Å². The molecule has 0 amide bonds. The van der Waals surface area contributed by atoms with Crippen molar-refractivity contribution < 1.29 is 8.81 Å². The second-order valence-corrected chi connectivity index (χ2v) is 5.76. The van der Waals surface area contributed by atoms with Gasteiger partial charge in [-0.25, -0.2) is 4.39 Å². The highest BCUT2D eigenvalue weighted by Crippen LogP contribution is 2.24. The lowest BCUT2D eigenvalue weighted by molar-refractivity contribution is 0.271. The molecule has 0 saturated heterocycles. The predicted octanol–water partition coefficient (Wildman–Crippen LogP) is 3.54. The lowest BCUT2D eigenvalue weighted by Gasteiger charge is -2.29. The average molecular weight is 289 g/mol. The van der Waals surface area contributed by atoms with E-state index in [1.807, 2.05) is 0 Å². The van der Waals surface area contributed by atoms with Crippen molar-refractivity contribution in [1.29, 1.82) is 0 Å². The third kappa shape index (κ3) is 3.47. The molecule has 0 bridgehead atoms. The Morgan fingerprint density at radius 3 is 2.95 bits per heavy atom. The second kappa shape index (κ2) is 6.35. The molecule has 0 spiro atoms. The molecule has 1 fully saturated rings. The molecule has 0 unspecified atom stereocenters. The van der Waals surface area contributed by atoms with Gasteiger partial charge in [0.25, 0.3) is 0 Å². The smallest absolute Gasteiger partial charge is 0.247 e. The van der Waals surface area contributed by atoms with E-state index in [0.29, 0.717) is 35.8 Å². The van der Waals surface area contributed by atoms with E-state index in [1.54, 1.807) is 12.1 Å². The van der Waals surface area contributed by atoms with Gasteiger partial charge in [0.2, 0.25) is 11.8 Å². The quantitative estimate of drug-likeness (QED) is 0.935. The zero-order valence-electron chi connectivity index (χ0n) is 12.2. The minimum absolute atomic E-state index is 0.304. The summed E-state index contributed by atoms with van der Waals surface area (Å²) in [4.78, 5) is 0. The molecule has 2 aromatic rings. The van der Waals surface area contributed by atoms with Crippen molar-refractivity contribution in [2.24, 2.45) is 5.92 Å². The second-order valence-electron chi connectivity index (χ2n) is 5.76. The first-order chi connectivity index (χ1) is 10.2. The maximum absolute atomic E-state index is 13.2. The van der Waals surface area contributed by atoms with Crippen LogP contribution in [0.1, 0.15) is 38.5 Å². The molecule has 2 atom stereocenters. The van der Waals surface area contributed by atoms with Crippen molar-refractivity contribution in [3.05, 3.63) is 36.0 Å². The Hall–Kier alpha value is -1.75. The van der Waals surface area contributed by atoms with E-state index in [-0.39, 0.29) is 5.82 Å². The van der Waals surface area contributed by atoms with Gasteiger partial charge in [-0.3, -0.25) is 0 Å². The Morgan fingerprint density at radius 2 is 2.14 bits per heavy atom. The first kappa shape index (κ1) is 14.2. The fourth-order valence-corrected chi connectivity index (χ4v) is 2.90. The maximum Gasteiger partial charge on any atom is 0.247 e. The molecule has 21 heavy (non-hydrogen) atoms. The van der Waals surface area contributed by atoms with Gasteiger partial charge >= 0.3 is 0 Å². The molecular weight excluding hydrogens is 269 g/mol. The predicted molar refractivity (Wildman–Crippen MR) is 78.0 cm³/mol. The van der Waals surface area contributed by atoms with Gasteiger partial charge in [0.15, 0.2) is 0 Å². The molecular formula is C16H20FN3O. The standard InChI is InChI=1S/C16H20FN3O/c1-11-5-2-3-8-14(11)18-10-15-19-20-16(21-15)12-6-4-7-13(17)9-12/h4,6-7,9,11,14,18H,2-3,5,8,10H2,1H3/t11-,14-/m0/s1. The molecule has 1 N–H and O–H groups in total. The van der Waals surface area contributed by atoms with E-state index >= 15 is 0 Å². The van der Waals surface area contributed by atoms with Crippen molar-refractivity contribution in [3.8, 4) is 11.5 Å². The SMILES string of the molecule is C[C@H]1CCCC[C@@H]1NCc1nnc(-c2cccc(F)c2)o1. The van der Waals surface area contributed by atoms with Gasteiger partial charge in [0.05, 0.1) is 6.54 Å². The van der Waals surface area contributed by atoms with Crippen LogP contribution >= 0.6 is 0 Å². The Morgan fingerprint density at radius 1 is 1.29 bits per heavy atom. The van der Waals surface area contributed by atoms with E-state index in [4.69, 9.17) is 4.42 Å². The van der Waals surface area contributed by atoms with Crippen LogP contribution in [-0.4, -0.2) is 16.2 Å². The lowest BCUT2D eigenvalue weighted by atomic mass is 9.86. The van der Waals surface area contributed by atoms with Crippen LogP contribution in [0, 0.1) is 11.7 Å². The molecule has 1 aromatic carbocycles. The summed E-state index contributed by atoms with van der Waals surface area (Å²) in [6.07, 6.45) is 5.08. The van der Waals surface area contributed by atoms with E-state index in [0.717, 1.165) is 0 Å². The third-order valence-corrected chi connectivity index (χ3v) is 4.17. The number of aromatic nitrogens is 2. The van der Waals surface area contributed by atoms with Gasteiger partial charge < -0.3 is 9.73 Å².